The Morgan fingerprint density at radius 2 is 1.70 bits per heavy atom. The van der Waals surface area contributed by atoms with Gasteiger partial charge < -0.3 is 4.74 Å². The van der Waals surface area contributed by atoms with E-state index in [9.17, 15) is 4.79 Å². The number of amides is 1. The number of nitrogens with zero attached hydrogens (tertiary/aromatic N) is 4. The maximum Gasteiger partial charge on any atom is 0.410 e. The van der Waals surface area contributed by atoms with Gasteiger partial charge in [-0.3, -0.25) is 9.58 Å². The van der Waals surface area contributed by atoms with E-state index in [1.165, 1.54) is 5.56 Å². The third-order valence-corrected chi connectivity index (χ3v) is 4.65. The molecule has 6 heteroatoms. The average molecular weight is 362 g/mol. The molecule has 1 atom stereocenters. The number of carbonyl (C=O) groups is 1. The molecule has 0 aliphatic carbocycles. The summed E-state index contributed by atoms with van der Waals surface area (Å²) in [6.45, 7) is 1.65. The number of rotatable bonds is 7. The summed E-state index contributed by atoms with van der Waals surface area (Å²) in [5.41, 5.74) is 3.25. The van der Waals surface area contributed by atoms with Gasteiger partial charge in [-0.05, 0) is 24.0 Å². The zero-order valence-corrected chi connectivity index (χ0v) is 15.1. The van der Waals surface area contributed by atoms with E-state index >= 15 is 0 Å². The zero-order chi connectivity index (χ0) is 18.5. The Hall–Kier alpha value is -3.15. The second-order valence-electron chi connectivity index (χ2n) is 6.76. The molecular weight excluding hydrogens is 340 g/mol. The molecular formula is C21H22N4O2. The summed E-state index contributed by atoms with van der Waals surface area (Å²) in [5.74, 6) is 0. The summed E-state index contributed by atoms with van der Waals surface area (Å²) in [4.78, 5) is 13.8. The molecule has 2 aromatic carbocycles. The van der Waals surface area contributed by atoms with Crippen LogP contribution in [0.25, 0.3) is 0 Å². The molecule has 0 unspecified atom stereocenters. The average Bonchev–Trinajstić information content (AvgIpc) is 3.34. The molecule has 27 heavy (non-hydrogen) atoms. The summed E-state index contributed by atoms with van der Waals surface area (Å²) >= 11 is 0. The quantitative estimate of drug-likeness (QED) is 0.606. The Kier molecular flexibility index (Phi) is 5.14. The lowest BCUT2D eigenvalue weighted by molar-refractivity contribution is 0.121. The molecule has 1 amide bonds. The van der Waals surface area contributed by atoms with Gasteiger partial charge in [0.2, 0.25) is 0 Å². The third kappa shape index (κ3) is 4.73. The minimum Gasteiger partial charge on any atom is -0.445 e. The molecule has 0 saturated carbocycles. The molecule has 0 N–H and O–H groups in total. The van der Waals surface area contributed by atoms with Crippen molar-refractivity contribution in [3.8, 4) is 0 Å². The van der Waals surface area contributed by atoms with Crippen molar-refractivity contribution < 1.29 is 9.53 Å². The van der Waals surface area contributed by atoms with Gasteiger partial charge >= 0.3 is 6.09 Å². The molecule has 0 bridgehead atoms. The van der Waals surface area contributed by atoms with Gasteiger partial charge in [-0.15, -0.1) is 5.10 Å². The highest BCUT2D eigenvalue weighted by atomic mass is 16.6. The van der Waals surface area contributed by atoms with Crippen LogP contribution in [-0.4, -0.2) is 38.6 Å². The molecule has 6 nitrogen and oxygen atoms in total. The monoisotopic (exact) mass is 362 g/mol. The Morgan fingerprint density at radius 1 is 1.00 bits per heavy atom. The van der Waals surface area contributed by atoms with Crippen molar-refractivity contribution in [3.05, 3.63) is 83.7 Å². The highest BCUT2D eigenvalue weighted by Crippen LogP contribution is 2.21. The van der Waals surface area contributed by atoms with Crippen molar-refractivity contribution in [2.75, 3.05) is 6.54 Å². The lowest BCUT2D eigenvalue weighted by atomic mass is 10.1. The standard InChI is InChI=1S/C21H22N4O2/c26-21(27-16-18-9-5-2-6-10-18)25-15-20(25)14-24-13-19(22-23-24)12-11-17-7-3-1-4-8-17/h1-10,13,20H,11-12,14-16H2/t20-,25?/m1/s1. The van der Waals surface area contributed by atoms with Crippen molar-refractivity contribution >= 4 is 6.09 Å². The molecule has 4 rings (SSSR count). The van der Waals surface area contributed by atoms with Crippen LogP contribution in [0.15, 0.2) is 66.9 Å². The first-order valence-corrected chi connectivity index (χ1v) is 9.18. The van der Waals surface area contributed by atoms with Crippen LogP contribution in [-0.2, 0) is 30.7 Å². The number of benzene rings is 2. The topological polar surface area (TPSA) is 60.0 Å². The Balaban J connectivity index is 1.21. The zero-order valence-electron chi connectivity index (χ0n) is 15.1. The van der Waals surface area contributed by atoms with E-state index in [1.807, 2.05) is 59.4 Å². The summed E-state index contributed by atoms with van der Waals surface area (Å²) in [6, 6.07) is 20.2. The van der Waals surface area contributed by atoms with E-state index in [0.29, 0.717) is 19.7 Å². The molecule has 1 aliphatic heterocycles. The number of carbonyl (C=O) groups excluding carboxylic acids is 1. The van der Waals surface area contributed by atoms with E-state index in [4.69, 9.17) is 4.74 Å². The van der Waals surface area contributed by atoms with E-state index in [1.54, 1.807) is 4.90 Å². The summed E-state index contributed by atoms with van der Waals surface area (Å²) in [6.07, 6.45) is 3.50. The highest BCUT2D eigenvalue weighted by molar-refractivity contribution is 5.71. The first-order chi connectivity index (χ1) is 13.3. The Bertz CT molecular complexity index is 879. The maximum atomic E-state index is 12.1. The van der Waals surface area contributed by atoms with Crippen molar-refractivity contribution in [1.82, 2.24) is 19.9 Å². The molecule has 1 aliphatic rings. The van der Waals surface area contributed by atoms with Gasteiger partial charge in [0.05, 0.1) is 18.3 Å². The SMILES string of the molecule is O=C(OCc1ccccc1)N1C[C@H]1Cn1cc(CCc2ccccc2)nn1. The number of hydrogen-bond donors (Lipinski definition) is 0. The third-order valence-electron chi connectivity index (χ3n) is 4.65. The van der Waals surface area contributed by atoms with Crippen molar-refractivity contribution in [1.29, 1.82) is 0 Å². The molecule has 1 saturated heterocycles. The Labute approximate surface area is 158 Å². The van der Waals surface area contributed by atoms with Crippen LogP contribution in [0, 0.1) is 0 Å². The molecule has 0 radical (unpaired) electrons. The number of aromatic nitrogens is 3. The second kappa shape index (κ2) is 8.03. The summed E-state index contributed by atoms with van der Waals surface area (Å²) in [5, 5.41) is 8.42. The fourth-order valence-electron chi connectivity index (χ4n) is 3.04. The maximum absolute atomic E-state index is 12.1. The predicted molar refractivity (Wildman–Crippen MR) is 101 cm³/mol. The van der Waals surface area contributed by atoms with Crippen molar-refractivity contribution in [2.24, 2.45) is 0 Å². The summed E-state index contributed by atoms with van der Waals surface area (Å²) in [7, 11) is 0. The minimum absolute atomic E-state index is 0.136. The molecule has 138 valence electrons. The first kappa shape index (κ1) is 17.3. The van der Waals surface area contributed by atoms with Gasteiger partial charge in [-0.1, -0.05) is 65.9 Å². The van der Waals surface area contributed by atoms with Gasteiger partial charge in [-0.2, -0.15) is 0 Å². The van der Waals surface area contributed by atoms with Crippen LogP contribution < -0.4 is 0 Å². The van der Waals surface area contributed by atoms with Crippen LogP contribution in [0.4, 0.5) is 4.79 Å². The largest absolute Gasteiger partial charge is 0.445 e. The number of ether oxygens (including phenoxy) is 1. The number of aryl methyl sites for hydroxylation is 2. The predicted octanol–water partition coefficient (Wildman–Crippen LogP) is 3.08. The molecule has 3 aromatic rings. The molecule has 1 fully saturated rings. The number of hydrogen-bond acceptors (Lipinski definition) is 4. The van der Waals surface area contributed by atoms with Crippen molar-refractivity contribution in [3.63, 3.8) is 0 Å². The fraction of sp³-hybridized carbons (Fsp3) is 0.286. The van der Waals surface area contributed by atoms with E-state index < -0.39 is 0 Å². The summed E-state index contributed by atoms with van der Waals surface area (Å²) < 4.78 is 7.17. The van der Waals surface area contributed by atoms with Gasteiger partial charge in [-0.25, -0.2) is 4.79 Å². The van der Waals surface area contributed by atoms with Gasteiger partial charge in [0, 0.05) is 12.7 Å². The second-order valence-corrected chi connectivity index (χ2v) is 6.76. The van der Waals surface area contributed by atoms with Gasteiger partial charge in [0.25, 0.3) is 0 Å². The van der Waals surface area contributed by atoms with Crippen molar-refractivity contribution in [2.45, 2.75) is 32.0 Å². The van der Waals surface area contributed by atoms with Gasteiger partial charge in [0.15, 0.2) is 0 Å². The van der Waals surface area contributed by atoms with Crippen LogP contribution in [0.2, 0.25) is 0 Å². The lowest BCUT2D eigenvalue weighted by Gasteiger charge is -2.06. The Morgan fingerprint density at radius 3 is 2.44 bits per heavy atom. The van der Waals surface area contributed by atoms with Crippen LogP contribution in [0.1, 0.15) is 16.8 Å². The van der Waals surface area contributed by atoms with Gasteiger partial charge in [0.1, 0.15) is 6.61 Å². The normalized spacial score (nSPS) is 15.6. The van der Waals surface area contributed by atoms with Crippen LogP contribution in [0.3, 0.4) is 0 Å². The smallest absolute Gasteiger partial charge is 0.410 e. The molecule has 0 spiro atoms. The van der Waals surface area contributed by atoms with E-state index in [2.05, 4.69) is 22.4 Å². The fourth-order valence-corrected chi connectivity index (χ4v) is 3.04. The van der Waals surface area contributed by atoms with E-state index in [-0.39, 0.29) is 12.1 Å². The van der Waals surface area contributed by atoms with Crippen LogP contribution in [0.5, 0.6) is 0 Å². The molecule has 1 aromatic heterocycles. The highest BCUT2D eigenvalue weighted by Gasteiger charge is 2.40. The minimum atomic E-state index is -0.270. The molecule has 2 heterocycles. The van der Waals surface area contributed by atoms with E-state index in [0.717, 1.165) is 24.1 Å². The first-order valence-electron chi connectivity index (χ1n) is 9.18. The lowest BCUT2D eigenvalue weighted by Crippen LogP contribution is -2.18. The van der Waals surface area contributed by atoms with Crippen LogP contribution >= 0.6 is 0 Å².